The summed E-state index contributed by atoms with van der Waals surface area (Å²) in [7, 11) is 0. The molecule has 1 aliphatic rings. The quantitative estimate of drug-likeness (QED) is 0.581. The number of hydrogen-bond donors (Lipinski definition) is 3. The minimum atomic E-state index is -1.26. The molecule has 0 amide bonds. The van der Waals surface area contributed by atoms with Crippen LogP contribution in [0.15, 0.2) is 24.7 Å². The molecule has 1 fully saturated rings. The van der Waals surface area contributed by atoms with Gasteiger partial charge in [0.2, 0.25) is 0 Å². The molecule has 1 aromatic heterocycles. The van der Waals surface area contributed by atoms with Crippen molar-refractivity contribution < 1.29 is 19.8 Å². The summed E-state index contributed by atoms with van der Waals surface area (Å²) in [5.74, 6) is 5.35. The molecule has 0 aliphatic heterocycles. The summed E-state index contributed by atoms with van der Waals surface area (Å²) >= 11 is 0. The van der Waals surface area contributed by atoms with Crippen LogP contribution in [0.4, 0.5) is 0 Å². The first-order chi connectivity index (χ1) is 11.2. The van der Waals surface area contributed by atoms with Crippen LogP contribution in [0.25, 0.3) is 0 Å². The number of carboxylic acid groups (broad SMARTS) is 2. The zero-order chi connectivity index (χ0) is 18.2. The van der Waals surface area contributed by atoms with Gasteiger partial charge in [-0.25, -0.2) is 14.6 Å². The first kappa shape index (κ1) is 19.5. The predicted molar refractivity (Wildman–Crippen MR) is 90.3 cm³/mol. The van der Waals surface area contributed by atoms with E-state index in [1.807, 2.05) is 6.20 Å². The van der Waals surface area contributed by atoms with Crippen molar-refractivity contribution in [1.29, 1.82) is 0 Å². The van der Waals surface area contributed by atoms with Crippen molar-refractivity contribution in [3.05, 3.63) is 30.4 Å². The maximum Gasteiger partial charge on any atom is 0.328 e. The number of aromatic amines is 1. The Morgan fingerprint density at radius 2 is 1.96 bits per heavy atom. The maximum atomic E-state index is 9.55. The van der Waals surface area contributed by atoms with Crippen LogP contribution in [0.3, 0.4) is 0 Å². The minimum Gasteiger partial charge on any atom is -0.478 e. The van der Waals surface area contributed by atoms with Gasteiger partial charge in [0.1, 0.15) is 0 Å². The SMILES string of the molecule is CC(C)(C)CCC#CC1CC1c1cnc[nH]1.O=C(O)C=CC(=O)O. The third kappa shape index (κ3) is 8.79. The third-order valence-corrected chi connectivity index (χ3v) is 3.37. The average molecular weight is 332 g/mol. The number of hydrogen-bond acceptors (Lipinski definition) is 3. The number of imidazole rings is 1. The van der Waals surface area contributed by atoms with Crippen LogP contribution < -0.4 is 0 Å². The van der Waals surface area contributed by atoms with Gasteiger partial charge in [-0.2, -0.15) is 0 Å². The molecule has 0 radical (unpaired) electrons. The van der Waals surface area contributed by atoms with E-state index in [1.165, 1.54) is 18.5 Å². The van der Waals surface area contributed by atoms with E-state index in [2.05, 4.69) is 42.6 Å². The molecular weight excluding hydrogens is 308 g/mol. The molecule has 0 aromatic carbocycles. The highest BCUT2D eigenvalue weighted by Gasteiger charge is 2.37. The fraction of sp³-hybridized carbons (Fsp3) is 0.500. The van der Waals surface area contributed by atoms with Crippen molar-refractivity contribution in [2.24, 2.45) is 11.3 Å². The van der Waals surface area contributed by atoms with Gasteiger partial charge >= 0.3 is 11.9 Å². The van der Waals surface area contributed by atoms with E-state index in [4.69, 9.17) is 10.2 Å². The van der Waals surface area contributed by atoms with Gasteiger partial charge in [-0.05, 0) is 18.3 Å². The maximum absolute atomic E-state index is 9.55. The standard InChI is InChI=1S/C14H20N2.C4H4O4/c1-14(2,3)7-5-4-6-11-8-12(11)13-9-15-10-16-13;5-3(6)1-2-4(7)8/h9-12H,5,7-8H2,1-3H3,(H,15,16);1-2H,(H,5,6)(H,7,8). The molecule has 1 aliphatic carbocycles. The zero-order valence-corrected chi connectivity index (χ0v) is 14.2. The molecule has 1 aromatic rings. The lowest BCUT2D eigenvalue weighted by Gasteiger charge is -2.15. The number of rotatable bonds is 4. The molecule has 6 heteroatoms. The van der Waals surface area contributed by atoms with Gasteiger partial charge in [0.05, 0.1) is 6.33 Å². The van der Waals surface area contributed by atoms with E-state index in [0.717, 1.165) is 6.42 Å². The van der Waals surface area contributed by atoms with Gasteiger partial charge < -0.3 is 15.2 Å². The van der Waals surface area contributed by atoms with E-state index in [1.54, 1.807) is 6.33 Å². The number of nitrogens with zero attached hydrogens (tertiary/aromatic N) is 1. The van der Waals surface area contributed by atoms with Crippen molar-refractivity contribution in [1.82, 2.24) is 9.97 Å². The van der Waals surface area contributed by atoms with Gasteiger partial charge in [-0.15, -0.1) is 5.92 Å². The van der Waals surface area contributed by atoms with E-state index < -0.39 is 11.9 Å². The number of aliphatic carboxylic acids is 2. The van der Waals surface area contributed by atoms with E-state index >= 15 is 0 Å². The first-order valence-corrected chi connectivity index (χ1v) is 7.79. The molecule has 6 nitrogen and oxygen atoms in total. The number of carboxylic acids is 2. The van der Waals surface area contributed by atoms with E-state index in [9.17, 15) is 9.59 Å². The number of aromatic nitrogens is 2. The fourth-order valence-corrected chi connectivity index (χ4v) is 1.95. The van der Waals surface area contributed by atoms with Crippen LogP contribution in [0.1, 0.15) is 51.6 Å². The van der Waals surface area contributed by atoms with Gasteiger partial charge in [-0.1, -0.05) is 26.7 Å². The molecule has 2 atom stereocenters. The average Bonchev–Trinajstić information content (AvgIpc) is 3.02. The van der Waals surface area contributed by atoms with Crippen LogP contribution in [0.2, 0.25) is 0 Å². The molecule has 130 valence electrons. The van der Waals surface area contributed by atoms with Gasteiger partial charge in [0, 0.05) is 42.3 Å². The minimum absolute atomic E-state index is 0.404. The number of nitrogens with one attached hydrogen (secondary N) is 1. The Morgan fingerprint density at radius 1 is 1.33 bits per heavy atom. The Bertz CT molecular complexity index is 614. The molecule has 1 heterocycles. The van der Waals surface area contributed by atoms with Crippen molar-refractivity contribution >= 4 is 11.9 Å². The highest BCUT2D eigenvalue weighted by molar-refractivity contribution is 5.89. The summed E-state index contributed by atoms with van der Waals surface area (Å²) in [5.41, 5.74) is 1.65. The molecule has 0 bridgehead atoms. The summed E-state index contributed by atoms with van der Waals surface area (Å²) in [6.45, 7) is 6.79. The van der Waals surface area contributed by atoms with Crippen molar-refractivity contribution in [3.8, 4) is 11.8 Å². The second-order valence-corrected chi connectivity index (χ2v) is 6.85. The highest BCUT2D eigenvalue weighted by Crippen LogP contribution is 2.45. The van der Waals surface area contributed by atoms with E-state index in [-0.39, 0.29) is 0 Å². The highest BCUT2D eigenvalue weighted by atomic mass is 16.4. The zero-order valence-electron chi connectivity index (χ0n) is 14.2. The van der Waals surface area contributed by atoms with Crippen LogP contribution >= 0.6 is 0 Å². The second-order valence-electron chi connectivity index (χ2n) is 6.85. The lowest BCUT2D eigenvalue weighted by Crippen LogP contribution is -2.03. The first-order valence-electron chi connectivity index (χ1n) is 7.79. The van der Waals surface area contributed by atoms with Crippen molar-refractivity contribution in [2.75, 3.05) is 0 Å². The normalized spacial score (nSPS) is 19.0. The summed E-state index contributed by atoms with van der Waals surface area (Å²) in [4.78, 5) is 26.3. The van der Waals surface area contributed by atoms with Gasteiger partial charge in [0.15, 0.2) is 0 Å². The lowest BCUT2D eigenvalue weighted by atomic mass is 9.91. The van der Waals surface area contributed by atoms with Crippen LogP contribution in [-0.2, 0) is 9.59 Å². The van der Waals surface area contributed by atoms with Crippen LogP contribution in [-0.4, -0.2) is 32.1 Å². The van der Waals surface area contributed by atoms with Crippen molar-refractivity contribution in [3.63, 3.8) is 0 Å². The largest absolute Gasteiger partial charge is 0.478 e. The Balaban J connectivity index is 0.000000307. The summed E-state index contributed by atoms with van der Waals surface area (Å²) in [6.07, 6.45) is 8.19. The summed E-state index contributed by atoms with van der Waals surface area (Å²) < 4.78 is 0. The Kier molecular flexibility index (Phi) is 7.25. The smallest absolute Gasteiger partial charge is 0.328 e. The monoisotopic (exact) mass is 332 g/mol. The number of H-pyrrole nitrogens is 1. The predicted octanol–water partition coefficient (Wildman–Crippen LogP) is 3.05. The topological polar surface area (TPSA) is 103 Å². The second kappa shape index (κ2) is 8.92. The lowest BCUT2D eigenvalue weighted by molar-refractivity contribution is -0.134. The molecule has 1 saturated carbocycles. The molecule has 2 rings (SSSR count). The summed E-state index contributed by atoms with van der Waals surface area (Å²) in [5, 5.41) is 15.6. The Labute approximate surface area is 142 Å². The van der Waals surface area contributed by atoms with Crippen LogP contribution in [0, 0.1) is 23.2 Å². The van der Waals surface area contributed by atoms with E-state index in [0.29, 0.717) is 29.4 Å². The number of carbonyl (C=O) groups is 2. The Morgan fingerprint density at radius 3 is 2.42 bits per heavy atom. The molecule has 2 unspecified atom stereocenters. The Hall–Kier alpha value is -2.55. The van der Waals surface area contributed by atoms with Gasteiger partial charge in [-0.3, -0.25) is 0 Å². The molecule has 0 saturated heterocycles. The summed E-state index contributed by atoms with van der Waals surface area (Å²) in [6, 6.07) is 0. The molecule has 3 N–H and O–H groups in total. The molecule has 24 heavy (non-hydrogen) atoms. The third-order valence-electron chi connectivity index (χ3n) is 3.37. The molecule has 0 spiro atoms. The van der Waals surface area contributed by atoms with Crippen LogP contribution in [0.5, 0.6) is 0 Å². The van der Waals surface area contributed by atoms with Gasteiger partial charge in [0.25, 0.3) is 0 Å². The van der Waals surface area contributed by atoms with Crippen molar-refractivity contribution in [2.45, 2.75) is 46.0 Å². The molecular formula is C18H24N2O4. The fourth-order valence-electron chi connectivity index (χ4n) is 1.95.